The standard InChI is InChI=1S/C19H31N3O3/c1-14-8-7-9-15(12-14)13-21-17(23)16(10-5-6-11-20)22-18(24)25-19(2,3)4/h7-9,12,16H,5-6,10-11,13,20H2,1-4H3,(H,21,23)(H,22,24)/t16-/m0/s1. The van der Waals surface area contributed by atoms with E-state index in [2.05, 4.69) is 10.6 Å². The number of nitrogens with one attached hydrogen (secondary N) is 2. The van der Waals surface area contributed by atoms with Crippen LogP contribution in [-0.2, 0) is 16.1 Å². The molecule has 0 radical (unpaired) electrons. The van der Waals surface area contributed by atoms with Gasteiger partial charge in [-0.15, -0.1) is 0 Å². The van der Waals surface area contributed by atoms with Gasteiger partial charge in [-0.25, -0.2) is 4.79 Å². The van der Waals surface area contributed by atoms with Crippen molar-refractivity contribution in [3.05, 3.63) is 35.4 Å². The zero-order valence-electron chi connectivity index (χ0n) is 15.7. The molecule has 6 heteroatoms. The van der Waals surface area contributed by atoms with Gasteiger partial charge in [0.25, 0.3) is 0 Å². The van der Waals surface area contributed by atoms with Gasteiger partial charge in [0.15, 0.2) is 0 Å². The van der Waals surface area contributed by atoms with Crippen LogP contribution in [0.5, 0.6) is 0 Å². The highest BCUT2D eigenvalue weighted by atomic mass is 16.6. The number of alkyl carbamates (subject to hydrolysis) is 1. The van der Waals surface area contributed by atoms with Crippen LogP contribution in [0, 0.1) is 6.92 Å². The number of hydrogen-bond acceptors (Lipinski definition) is 4. The van der Waals surface area contributed by atoms with Crippen molar-refractivity contribution in [2.45, 2.75) is 65.1 Å². The van der Waals surface area contributed by atoms with Gasteiger partial charge in [0, 0.05) is 6.54 Å². The molecular formula is C19H31N3O3. The van der Waals surface area contributed by atoms with E-state index in [1.165, 1.54) is 0 Å². The van der Waals surface area contributed by atoms with E-state index in [-0.39, 0.29) is 5.91 Å². The van der Waals surface area contributed by atoms with Crippen LogP contribution in [0.15, 0.2) is 24.3 Å². The van der Waals surface area contributed by atoms with E-state index in [4.69, 9.17) is 10.5 Å². The largest absolute Gasteiger partial charge is 0.444 e. The van der Waals surface area contributed by atoms with E-state index in [0.29, 0.717) is 19.5 Å². The average molecular weight is 349 g/mol. The number of carbonyl (C=O) groups excluding carboxylic acids is 2. The molecule has 0 fully saturated rings. The number of nitrogens with two attached hydrogens (primary N) is 1. The molecule has 4 N–H and O–H groups in total. The molecule has 0 bridgehead atoms. The Morgan fingerprint density at radius 1 is 1.24 bits per heavy atom. The van der Waals surface area contributed by atoms with Crippen molar-refractivity contribution in [2.75, 3.05) is 6.54 Å². The van der Waals surface area contributed by atoms with Gasteiger partial charge >= 0.3 is 6.09 Å². The summed E-state index contributed by atoms with van der Waals surface area (Å²) in [6, 6.07) is 7.30. The first-order chi connectivity index (χ1) is 11.7. The summed E-state index contributed by atoms with van der Waals surface area (Å²) < 4.78 is 5.25. The maximum atomic E-state index is 12.5. The summed E-state index contributed by atoms with van der Waals surface area (Å²) in [6.07, 6.45) is 1.50. The fraction of sp³-hybridized carbons (Fsp3) is 0.579. The average Bonchev–Trinajstić information content (AvgIpc) is 2.50. The predicted octanol–water partition coefficient (Wildman–Crippen LogP) is 2.63. The van der Waals surface area contributed by atoms with Gasteiger partial charge in [-0.2, -0.15) is 0 Å². The number of benzene rings is 1. The second-order valence-corrected chi connectivity index (χ2v) is 7.19. The number of hydrogen-bond donors (Lipinski definition) is 3. The Labute approximate surface area is 150 Å². The number of amides is 2. The minimum atomic E-state index is -0.633. The molecule has 0 spiro atoms. The molecule has 0 saturated carbocycles. The third kappa shape index (κ3) is 9.10. The molecule has 0 aromatic heterocycles. The van der Waals surface area contributed by atoms with Crippen LogP contribution in [0.3, 0.4) is 0 Å². The lowest BCUT2D eigenvalue weighted by molar-refractivity contribution is -0.123. The maximum absolute atomic E-state index is 12.5. The second kappa shape index (κ2) is 10.0. The smallest absolute Gasteiger partial charge is 0.408 e. The summed E-state index contributed by atoms with van der Waals surface area (Å²) in [6.45, 7) is 8.34. The predicted molar refractivity (Wildman–Crippen MR) is 99.1 cm³/mol. The van der Waals surface area contributed by atoms with Gasteiger partial charge in [-0.05, 0) is 59.1 Å². The molecule has 0 saturated heterocycles. The number of rotatable bonds is 8. The lowest BCUT2D eigenvalue weighted by atomic mass is 10.1. The third-order valence-corrected chi connectivity index (χ3v) is 3.50. The summed E-state index contributed by atoms with van der Waals surface area (Å²) in [5.41, 5.74) is 7.06. The minimum absolute atomic E-state index is 0.218. The first kappa shape index (κ1) is 21.0. The number of unbranched alkanes of at least 4 members (excludes halogenated alkanes) is 1. The molecule has 2 amide bonds. The maximum Gasteiger partial charge on any atom is 0.408 e. The summed E-state index contributed by atoms with van der Waals surface area (Å²) >= 11 is 0. The highest BCUT2D eigenvalue weighted by Crippen LogP contribution is 2.09. The van der Waals surface area contributed by atoms with Gasteiger partial charge < -0.3 is 21.1 Å². The van der Waals surface area contributed by atoms with Gasteiger partial charge in [0.05, 0.1) is 0 Å². The summed E-state index contributed by atoms with van der Waals surface area (Å²) in [7, 11) is 0. The van der Waals surface area contributed by atoms with Crippen molar-refractivity contribution in [1.29, 1.82) is 0 Å². The van der Waals surface area contributed by atoms with Crippen LogP contribution in [0.2, 0.25) is 0 Å². The highest BCUT2D eigenvalue weighted by Gasteiger charge is 2.23. The lowest BCUT2D eigenvalue weighted by Gasteiger charge is -2.23. The number of aryl methyl sites for hydroxylation is 1. The van der Waals surface area contributed by atoms with Gasteiger partial charge in [0.2, 0.25) is 5.91 Å². The van der Waals surface area contributed by atoms with E-state index in [0.717, 1.165) is 24.0 Å². The van der Waals surface area contributed by atoms with Gasteiger partial charge in [0.1, 0.15) is 11.6 Å². The van der Waals surface area contributed by atoms with Crippen LogP contribution >= 0.6 is 0 Å². The van der Waals surface area contributed by atoms with E-state index < -0.39 is 17.7 Å². The van der Waals surface area contributed by atoms with Crippen LogP contribution in [-0.4, -0.2) is 30.2 Å². The van der Waals surface area contributed by atoms with Crippen LogP contribution in [0.4, 0.5) is 4.79 Å². The number of carbonyl (C=O) groups is 2. The van der Waals surface area contributed by atoms with E-state index in [1.807, 2.05) is 31.2 Å². The minimum Gasteiger partial charge on any atom is -0.444 e. The molecule has 1 atom stereocenters. The first-order valence-corrected chi connectivity index (χ1v) is 8.74. The fourth-order valence-electron chi connectivity index (χ4n) is 2.35. The van der Waals surface area contributed by atoms with Crippen molar-refractivity contribution in [2.24, 2.45) is 5.73 Å². The summed E-state index contributed by atoms with van der Waals surface area (Å²) in [5.74, 6) is -0.218. The van der Waals surface area contributed by atoms with Crippen LogP contribution in [0.25, 0.3) is 0 Å². The molecule has 140 valence electrons. The second-order valence-electron chi connectivity index (χ2n) is 7.19. The zero-order valence-corrected chi connectivity index (χ0v) is 15.7. The Balaban J connectivity index is 2.63. The van der Waals surface area contributed by atoms with Crippen molar-refractivity contribution < 1.29 is 14.3 Å². The van der Waals surface area contributed by atoms with Crippen molar-refractivity contribution in [3.63, 3.8) is 0 Å². The van der Waals surface area contributed by atoms with Crippen molar-refractivity contribution in [1.82, 2.24) is 10.6 Å². The summed E-state index contributed by atoms with van der Waals surface area (Å²) in [4.78, 5) is 24.5. The first-order valence-electron chi connectivity index (χ1n) is 8.74. The monoisotopic (exact) mass is 349 g/mol. The SMILES string of the molecule is Cc1cccc(CNC(=O)[C@H](CCCCN)NC(=O)OC(C)(C)C)c1. The highest BCUT2D eigenvalue weighted by molar-refractivity contribution is 5.85. The third-order valence-electron chi connectivity index (χ3n) is 3.50. The topological polar surface area (TPSA) is 93.5 Å². The summed E-state index contributed by atoms with van der Waals surface area (Å²) in [5, 5.41) is 5.55. The lowest BCUT2D eigenvalue weighted by Crippen LogP contribution is -2.48. The van der Waals surface area contributed by atoms with Gasteiger partial charge in [-0.1, -0.05) is 29.8 Å². The molecule has 1 aromatic rings. The normalized spacial score (nSPS) is 12.4. The Kier molecular flexibility index (Phi) is 8.41. The Morgan fingerprint density at radius 3 is 2.56 bits per heavy atom. The molecule has 0 aliphatic carbocycles. The van der Waals surface area contributed by atoms with Crippen LogP contribution in [0.1, 0.15) is 51.2 Å². The Morgan fingerprint density at radius 2 is 1.96 bits per heavy atom. The molecule has 0 aliphatic rings. The number of ether oxygens (including phenoxy) is 1. The van der Waals surface area contributed by atoms with E-state index >= 15 is 0 Å². The van der Waals surface area contributed by atoms with Crippen LogP contribution < -0.4 is 16.4 Å². The molecule has 1 aromatic carbocycles. The molecule has 0 aliphatic heterocycles. The molecule has 0 unspecified atom stereocenters. The Bertz CT molecular complexity index is 567. The molecule has 0 heterocycles. The zero-order chi connectivity index (χ0) is 18.9. The van der Waals surface area contributed by atoms with Crippen molar-refractivity contribution >= 4 is 12.0 Å². The molecular weight excluding hydrogens is 318 g/mol. The molecule has 6 nitrogen and oxygen atoms in total. The van der Waals surface area contributed by atoms with E-state index in [9.17, 15) is 9.59 Å². The van der Waals surface area contributed by atoms with Crippen molar-refractivity contribution in [3.8, 4) is 0 Å². The van der Waals surface area contributed by atoms with Gasteiger partial charge in [-0.3, -0.25) is 4.79 Å². The molecule has 1 rings (SSSR count). The van der Waals surface area contributed by atoms with E-state index in [1.54, 1.807) is 20.8 Å². The quantitative estimate of drug-likeness (QED) is 0.629. The Hall–Kier alpha value is -2.08. The fourth-order valence-corrected chi connectivity index (χ4v) is 2.35. The molecule has 25 heavy (non-hydrogen) atoms.